The fraction of sp³-hybridized carbons (Fsp3) is 0.444. The van der Waals surface area contributed by atoms with Gasteiger partial charge >= 0.3 is 0 Å². The maximum Gasteiger partial charge on any atom is 0.191 e. The zero-order valence-electron chi connectivity index (χ0n) is 14.5. The van der Waals surface area contributed by atoms with Crippen LogP contribution >= 0.6 is 0 Å². The Balaban J connectivity index is 1.72. The summed E-state index contributed by atoms with van der Waals surface area (Å²) in [6, 6.07) is 10.1. The Morgan fingerprint density at radius 3 is 2.79 bits per heavy atom. The van der Waals surface area contributed by atoms with E-state index in [9.17, 15) is 0 Å². The number of para-hydroxylation sites is 1. The number of hydrogen-bond donors (Lipinski definition) is 2. The summed E-state index contributed by atoms with van der Waals surface area (Å²) in [5.41, 5.74) is 2.17. The lowest BCUT2D eigenvalue weighted by Gasteiger charge is -2.11. The lowest BCUT2D eigenvalue weighted by molar-refractivity contribution is 0.143. The van der Waals surface area contributed by atoms with Crippen molar-refractivity contribution in [3.63, 3.8) is 0 Å². The van der Waals surface area contributed by atoms with Crippen molar-refractivity contribution in [1.29, 1.82) is 0 Å². The molecular formula is C18H27N5O. The molecule has 0 saturated heterocycles. The van der Waals surface area contributed by atoms with E-state index in [0.29, 0.717) is 6.54 Å². The van der Waals surface area contributed by atoms with Crippen LogP contribution in [0.3, 0.4) is 0 Å². The second-order valence-corrected chi connectivity index (χ2v) is 5.39. The first-order valence-electron chi connectivity index (χ1n) is 8.44. The molecule has 2 rings (SSSR count). The summed E-state index contributed by atoms with van der Waals surface area (Å²) in [4.78, 5) is 4.24. The Kier molecular flexibility index (Phi) is 7.83. The summed E-state index contributed by atoms with van der Waals surface area (Å²) in [5, 5.41) is 11.0. The zero-order chi connectivity index (χ0) is 17.0. The van der Waals surface area contributed by atoms with Crippen LogP contribution in [0.5, 0.6) is 0 Å². The Bertz CT molecular complexity index is 609. The third kappa shape index (κ3) is 6.04. The molecule has 0 amide bonds. The smallest absolute Gasteiger partial charge is 0.191 e. The van der Waals surface area contributed by atoms with Crippen LogP contribution in [0.1, 0.15) is 25.3 Å². The van der Waals surface area contributed by atoms with Gasteiger partial charge < -0.3 is 15.4 Å². The van der Waals surface area contributed by atoms with Gasteiger partial charge in [-0.3, -0.25) is 4.99 Å². The van der Waals surface area contributed by atoms with Crippen LogP contribution in [-0.2, 0) is 11.3 Å². The fourth-order valence-electron chi connectivity index (χ4n) is 2.26. The number of aromatic nitrogens is 2. The molecule has 1 heterocycles. The average molecular weight is 329 g/mol. The quantitative estimate of drug-likeness (QED) is 0.421. The standard InChI is InChI=1S/C18H27N5O/c1-3-24-12-8-7-11-20-18(19-2)21-13-16-14-22-23(15-16)17-9-5-4-6-10-17/h4-6,9-10,14-15H,3,7-8,11-13H2,1-2H3,(H2,19,20,21). The van der Waals surface area contributed by atoms with Gasteiger partial charge in [0.25, 0.3) is 0 Å². The normalized spacial score (nSPS) is 11.5. The Morgan fingerprint density at radius 2 is 2.04 bits per heavy atom. The van der Waals surface area contributed by atoms with Crippen molar-refractivity contribution in [2.45, 2.75) is 26.3 Å². The lowest BCUT2D eigenvalue weighted by Crippen LogP contribution is -2.37. The lowest BCUT2D eigenvalue weighted by atomic mass is 10.3. The highest BCUT2D eigenvalue weighted by molar-refractivity contribution is 5.79. The van der Waals surface area contributed by atoms with E-state index in [1.165, 1.54) is 0 Å². The second-order valence-electron chi connectivity index (χ2n) is 5.39. The highest BCUT2D eigenvalue weighted by atomic mass is 16.5. The first kappa shape index (κ1) is 18.0. The maximum absolute atomic E-state index is 5.33. The van der Waals surface area contributed by atoms with Crippen molar-refractivity contribution in [2.75, 3.05) is 26.8 Å². The number of nitrogens with one attached hydrogen (secondary N) is 2. The number of benzene rings is 1. The molecule has 6 nitrogen and oxygen atoms in total. The minimum absolute atomic E-state index is 0.686. The molecule has 6 heteroatoms. The van der Waals surface area contributed by atoms with E-state index in [4.69, 9.17) is 4.74 Å². The summed E-state index contributed by atoms with van der Waals surface area (Å²) >= 11 is 0. The van der Waals surface area contributed by atoms with Gasteiger partial charge in [0.05, 0.1) is 11.9 Å². The monoisotopic (exact) mass is 329 g/mol. The number of aliphatic imine (C=N–C) groups is 1. The SMILES string of the molecule is CCOCCCCNC(=NC)NCc1cnn(-c2ccccc2)c1. The number of ether oxygens (including phenoxy) is 1. The zero-order valence-corrected chi connectivity index (χ0v) is 14.5. The molecule has 130 valence electrons. The van der Waals surface area contributed by atoms with Crippen LogP contribution < -0.4 is 10.6 Å². The minimum Gasteiger partial charge on any atom is -0.382 e. The summed E-state index contributed by atoms with van der Waals surface area (Å²) in [6.07, 6.45) is 6.02. The fourth-order valence-corrected chi connectivity index (χ4v) is 2.26. The molecule has 0 radical (unpaired) electrons. The van der Waals surface area contributed by atoms with Crippen LogP contribution in [0, 0.1) is 0 Å². The predicted octanol–water partition coefficient (Wildman–Crippen LogP) is 2.35. The molecule has 0 bridgehead atoms. The van der Waals surface area contributed by atoms with Crippen molar-refractivity contribution in [3.05, 3.63) is 48.3 Å². The molecule has 0 unspecified atom stereocenters. The molecule has 0 aliphatic rings. The highest BCUT2D eigenvalue weighted by Crippen LogP contribution is 2.07. The Hall–Kier alpha value is -2.34. The third-order valence-corrected chi connectivity index (χ3v) is 3.55. The van der Waals surface area contributed by atoms with Crippen LogP contribution in [0.25, 0.3) is 5.69 Å². The van der Waals surface area contributed by atoms with E-state index in [1.807, 2.05) is 54.3 Å². The molecule has 24 heavy (non-hydrogen) atoms. The minimum atomic E-state index is 0.686. The van der Waals surface area contributed by atoms with E-state index < -0.39 is 0 Å². The average Bonchev–Trinajstić information content (AvgIpc) is 3.10. The topological polar surface area (TPSA) is 63.5 Å². The van der Waals surface area contributed by atoms with Gasteiger partial charge in [-0.05, 0) is 31.9 Å². The molecule has 1 aromatic heterocycles. The van der Waals surface area contributed by atoms with Gasteiger partial charge in [0.1, 0.15) is 0 Å². The Labute approximate surface area is 143 Å². The number of hydrogen-bond acceptors (Lipinski definition) is 3. The number of guanidine groups is 1. The van der Waals surface area contributed by atoms with Crippen molar-refractivity contribution in [3.8, 4) is 5.69 Å². The summed E-state index contributed by atoms with van der Waals surface area (Å²) in [6.45, 7) is 5.20. The van der Waals surface area contributed by atoms with Crippen LogP contribution in [0.2, 0.25) is 0 Å². The molecule has 2 aromatic rings. The van der Waals surface area contributed by atoms with Crippen molar-refractivity contribution in [1.82, 2.24) is 20.4 Å². The maximum atomic E-state index is 5.33. The number of rotatable bonds is 9. The first-order chi connectivity index (χ1) is 11.8. The van der Waals surface area contributed by atoms with E-state index in [2.05, 4.69) is 20.7 Å². The van der Waals surface area contributed by atoms with Crippen LogP contribution in [0.4, 0.5) is 0 Å². The molecule has 0 fully saturated rings. The Morgan fingerprint density at radius 1 is 1.21 bits per heavy atom. The molecule has 0 spiro atoms. The second kappa shape index (κ2) is 10.4. The van der Waals surface area contributed by atoms with Gasteiger partial charge in [0.2, 0.25) is 0 Å². The third-order valence-electron chi connectivity index (χ3n) is 3.55. The van der Waals surface area contributed by atoms with Gasteiger partial charge in [-0.1, -0.05) is 18.2 Å². The molecule has 2 N–H and O–H groups in total. The molecule has 0 aliphatic carbocycles. The van der Waals surface area contributed by atoms with Crippen molar-refractivity contribution in [2.24, 2.45) is 4.99 Å². The molecule has 0 atom stereocenters. The highest BCUT2D eigenvalue weighted by Gasteiger charge is 2.02. The molecular weight excluding hydrogens is 302 g/mol. The van der Waals surface area contributed by atoms with Crippen LogP contribution in [-0.4, -0.2) is 42.5 Å². The van der Waals surface area contributed by atoms with E-state index in [0.717, 1.165) is 49.8 Å². The van der Waals surface area contributed by atoms with Gasteiger partial charge in [-0.2, -0.15) is 5.10 Å². The van der Waals surface area contributed by atoms with E-state index in [-0.39, 0.29) is 0 Å². The predicted molar refractivity (Wildman–Crippen MR) is 97.5 cm³/mol. The largest absolute Gasteiger partial charge is 0.382 e. The molecule has 1 aromatic carbocycles. The first-order valence-corrected chi connectivity index (χ1v) is 8.44. The van der Waals surface area contributed by atoms with Gasteiger partial charge in [0.15, 0.2) is 5.96 Å². The van der Waals surface area contributed by atoms with Crippen molar-refractivity contribution >= 4 is 5.96 Å². The molecule has 0 saturated carbocycles. The molecule has 0 aliphatic heterocycles. The van der Waals surface area contributed by atoms with E-state index in [1.54, 1.807) is 7.05 Å². The van der Waals surface area contributed by atoms with E-state index >= 15 is 0 Å². The van der Waals surface area contributed by atoms with Gasteiger partial charge in [0, 0.05) is 45.1 Å². The van der Waals surface area contributed by atoms with Crippen LogP contribution in [0.15, 0.2) is 47.7 Å². The summed E-state index contributed by atoms with van der Waals surface area (Å²) < 4.78 is 7.20. The number of nitrogens with zero attached hydrogens (tertiary/aromatic N) is 3. The summed E-state index contributed by atoms with van der Waals surface area (Å²) in [7, 11) is 1.78. The van der Waals surface area contributed by atoms with Gasteiger partial charge in [-0.15, -0.1) is 0 Å². The van der Waals surface area contributed by atoms with Gasteiger partial charge in [-0.25, -0.2) is 4.68 Å². The summed E-state index contributed by atoms with van der Waals surface area (Å²) in [5.74, 6) is 0.805. The number of unbranched alkanes of at least 4 members (excludes halogenated alkanes) is 1. The van der Waals surface area contributed by atoms with Crippen molar-refractivity contribution < 1.29 is 4.74 Å².